The minimum Gasteiger partial charge on any atom is -0.386 e. The summed E-state index contributed by atoms with van der Waals surface area (Å²) in [5, 5.41) is 16.3. The maximum absolute atomic E-state index is 12.6. The number of nitrogens with one attached hydrogen (secondary N) is 2. The van der Waals surface area contributed by atoms with Crippen LogP contribution in [0.25, 0.3) is 0 Å². The minimum absolute atomic E-state index is 0.00693. The van der Waals surface area contributed by atoms with E-state index in [1.165, 1.54) is 6.20 Å². The second-order valence-corrected chi connectivity index (χ2v) is 15.3. The lowest BCUT2D eigenvalue weighted by Crippen LogP contribution is -2.48. The third-order valence-electron chi connectivity index (χ3n) is 8.38. The van der Waals surface area contributed by atoms with Crippen LogP contribution in [-0.2, 0) is 57.9 Å². The standard InChI is InChI=1S/C30H55N7O17P2/c1-35-7-9-36(10-8-35)20-25(39)33-6-12-49-14-16-51-18-17-50-15-13-48-11-4-24(38)32-5-2-3-22-19-37(30(41)34-28(22)31)29-26(40)27(54-56(45,46)47)23(53-29)21-52-55(42,43)44/h19,23,26-27,29,40H,2-18,20-21H2,1H3,(H,32,38)(H,33,39)(H2,31,34,41)(H2,42,43,44)(H2,45,46,47)/t23-,26?,27?,29-/m1/s1. The van der Waals surface area contributed by atoms with Gasteiger partial charge in [0.25, 0.3) is 0 Å². The van der Waals surface area contributed by atoms with Gasteiger partial charge in [-0.05, 0) is 19.9 Å². The molecule has 0 aromatic carbocycles. The monoisotopic (exact) mass is 847 g/mol. The molecule has 322 valence electrons. The van der Waals surface area contributed by atoms with E-state index in [1.54, 1.807) is 0 Å². The first-order chi connectivity index (χ1) is 26.5. The van der Waals surface area contributed by atoms with Gasteiger partial charge in [0.1, 0.15) is 24.1 Å². The van der Waals surface area contributed by atoms with E-state index in [-0.39, 0.29) is 50.2 Å². The number of amides is 2. The van der Waals surface area contributed by atoms with Crippen molar-refractivity contribution in [3.05, 3.63) is 22.2 Å². The summed E-state index contributed by atoms with van der Waals surface area (Å²) in [6, 6.07) is 0. The second-order valence-electron chi connectivity index (χ2n) is 12.8. The highest BCUT2D eigenvalue weighted by Gasteiger charge is 2.49. The Labute approximate surface area is 323 Å². The van der Waals surface area contributed by atoms with Crippen molar-refractivity contribution in [3.63, 3.8) is 0 Å². The number of aryl methyl sites for hydroxylation is 1. The van der Waals surface area contributed by atoms with Crippen LogP contribution in [0.5, 0.6) is 0 Å². The lowest BCUT2D eigenvalue weighted by molar-refractivity contribution is -0.123. The van der Waals surface area contributed by atoms with Gasteiger partial charge in [0.15, 0.2) is 6.23 Å². The average Bonchev–Trinajstić information content (AvgIpc) is 3.41. The van der Waals surface area contributed by atoms with Gasteiger partial charge in [0, 0.05) is 57.4 Å². The van der Waals surface area contributed by atoms with Gasteiger partial charge in [0.05, 0.1) is 66.0 Å². The Morgan fingerprint density at radius 1 is 0.893 bits per heavy atom. The summed E-state index contributed by atoms with van der Waals surface area (Å²) in [5.74, 6) is -0.420. The summed E-state index contributed by atoms with van der Waals surface area (Å²) < 4.78 is 59.6. The van der Waals surface area contributed by atoms with Crippen LogP contribution in [0, 0.1) is 0 Å². The smallest absolute Gasteiger partial charge is 0.386 e. The quantitative estimate of drug-likeness (QED) is 0.0315. The molecule has 0 saturated carbocycles. The molecule has 2 aliphatic rings. The molecule has 2 unspecified atom stereocenters. The number of aliphatic hydroxyl groups is 1. The number of aliphatic hydroxyl groups excluding tert-OH is 1. The number of hydrogen-bond donors (Lipinski definition) is 8. The molecule has 3 rings (SSSR count). The van der Waals surface area contributed by atoms with Gasteiger partial charge in [-0.1, -0.05) is 0 Å². The number of piperazine rings is 1. The number of phosphoric ester groups is 2. The topological polar surface area (TPSA) is 325 Å². The van der Waals surface area contributed by atoms with E-state index in [2.05, 4.69) is 41.5 Å². The van der Waals surface area contributed by atoms with Crippen LogP contribution < -0.4 is 22.1 Å². The van der Waals surface area contributed by atoms with Gasteiger partial charge in [-0.2, -0.15) is 4.98 Å². The first-order valence-electron chi connectivity index (χ1n) is 17.9. The fourth-order valence-electron chi connectivity index (χ4n) is 5.49. The Hall–Kier alpha value is -2.48. The van der Waals surface area contributed by atoms with E-state index in [0.29, 0.717) is 64.7 Å². The van der Waals surface area contributed by atoms with E-state index in [4.69, 9.17) is 39.2 Å². The molecule has 2 aliphatic heterocycles. The van der Waals surface area contributed by atoms with Crippen molar-refractivity contribution in [2.45, 2.75) is 43.8 Å². The van der Waals surface area contributed by atoms with Gasteiger partial charge in [-0.25, -0.2) is 13.9 Å². The molecule has 4 atom stereocenters. The average molecular weight is 848 g/mol. The molecule has 2 amide bonds. The normalized spacial score (nSPS) is 21.0. The fraction of sp³-hybridized carbons (Fsp3) is 0.800. The van der Waals surface area contributed by atoms with E-state index >= 15 is 0 Å². The number of nitrogens with two attached hydrogens (primary N) is 1. The van der Waals surface area contributed by atoms with Crippen molar-refractivity contribution in [2.24, 2.45) is 0 Å². The number of phosphoric acid groups is 2. The van der Waals surface area contributed by atoms with Gasteiger partial charge >= 0.3 is 21.3 Å². The summed E-state index contributed by atoms with van der Waals surface area (Å²) in [7, 11) is -8.21. The third kappa shape index (κ3) is 18.9. The van der Waals surface area contributed by atoms with Crippen molar-refractivity contribution >= 4 is 33.3 Å². The number of nitrogens with zero attached hydrogens (tertiary/aromatic N) is 4. The highest BCUT2D eigenvalue weighted by Crippen LogP contribution is 2.45. The van der Waals surface area contributed by atoms with E-state index in [0.717, 1.165) is 30.7 Å². The lowest BCUT2D eigenvalue weighted by atomic mass is 10.1. The zero-order valence-corrected chi connectivity index (χ0v) is 33.0. The number of carbonyl (C=O) groups is 2. The number of anilines is 1. The van der Waals surface area contributed by atoms with Gasteiger partial charge in [0.2, 0.25) is 11.8 Å². The SMILES string of the molecule is CN1CCN(CC(=O)NCCOCCOCCOCCOCCC(=O)NCCCc2cn([C@@H]3O[C@H](COP(=O)(O)O)C(OP(=O)(O)O)C3O)c(=O)nc2N)CC1. The molecule has 56 heavy (non-hydrogen) atoms. The van der Waals surface area contributed by atoms with Crippen molar-refractivity contribution < 1.29 is 76.1 Å². The largest absolute Gasteiger partial charge is 0.470 e. The third-order valence-corrected chi connectivity index (χ3v) is 9.38. The summed E-state index contributed by atoms with van der Waals surface area (Å²) in [5.41, 5.74) is 5.21. The molecular weight excluding hydrogens is 792 g/mol. The van der Waals surface area contributed by atoms with Gasteiger partial charge < -0.3 is 69.6 Å². The minimum atomic E-state index is -5.23. The Morgan fingerprint density at radius 2 is 1.48 bits per heavy atom. The molecular formula is C30H55N7O17P2. The number of hydrogen-bond acceptors (Lipinski definition) is 17. The van der Waals surface area contributed by atoms with Crippen LogP contribution in [0.1, 0.15) is 24.6 Å². The van der Waals surface area contributed by atoms with Crippen LogP contribution in [0.2, 0.25) is 0 Å². The molecule has 26 heteroatoms. The van der Waals surface area contributed by atoms with Crippen molar-refractivity contribution in [3.8, 4) is 0 Å². The second kappa shape index (κ2) is 24.4. The van der Waals surface area contributed by atoms with Gasteiger partial charge in [-0.15, -0.1) is 0 Å². The Bertz CT molecular complexity index is 1510. The Morgan fingerprint density at radius 3 is 2.09 bits per heavy atom. The molecule has 9 N–H and O–H groups in total. The highest BCUT2D eigenvalue weighted by molar-refractivity contribution is 7.46. The van der Waals surface area contributed by atoms with Crippen molar-refractivity contribution in [1.29, 1.82) is 0 Å². The van der Waals surface area contributed by atoms with Crippen LogP contribution in [0.15, 0.2) is 11.0 Å². The molecule has 3 heterocycles. The zero-order chi connectivity index (χ0) is 41.1. The van der Waals surface area contributed by atoms with E-state index < -0.39 is 52.5 Å². The number of rotatable bonds is 27. The molecule has 24 nitrogen and oxygen atoms in total. The Kier molecular flexibility index (Phi) is 20.9. The molecule has 2 fully saturated rings. The van der Waals surface area contributed by atoms with Crippen LogP contribution in [0.4, 0.5) is 5.82 Å². The number of aromatic nitrogens is 2. The highest BCUT2D eigenvalue weighted by atomic mass is 31.2. The first kappa shape index (κ1) is 47.9. The maximum Gasteiger partial charge on any atom is 0.470 e. The predicted molar refractivity (Wildman–Crippen MR) is 194 cm³/mol. The molecule has 0 bridgehead atoms. The molecule has 1 aromatic rings. The summed E-state index contributed by atoms with van der Waals surface area (Å²) in [6.45, 7) is 6.50. The zero-order valence-electron chi connectivity index (χ0n) is 31.2. The Balaban J connectivity index is 1.21. The summed E-state index contributed by atoms with van der Waals surface area (Å²) in [6.07, 6.45) is -5.14. The van der Waals surface area contributed by atoms with Crippen LogP contribution in [-0.4, -0.2) is 186 Å². The number of carbonyl (C=O) groups excluding carboxylic acids is 2. The van der Waals surface area contributed by atoms with E-state index in [9.17, 15) is 38.4 Å². The molecule has 0 spiro atoms. The number of likely N-dealkylation sites (N-methyl/N-ethyl adjacent to an activating group) is 1. The summed E-state index contributed by atoms with van der Waals surface area (Å²) in [4.78, 5) is 81.4. The molecule has 2 saturated heterocycles. The number of ether oxygens (including phenoxy) is 5. The van der Waals surface area contributed by atoms with Crippen molar-refractivity contribution in [2.75, 3.05) is 118 Å². The van der Waals surface area contributed by atoms with E-state index in [1.807, 2.05) is 0 Å². The molecule has 0 aliphatic carbocycles. The van der Waals surface area contributed by atoms with Gasteiger partial charge in [-0.3, -0.25) is 28.1 Å². The molecule has 0 radical (unpaired) electrons. The van der Waals surface area contributed by atoms with Crippen molar-refractivity contribution in [1.82, 2.24) is 30.0 Å². The summed E-state index contributed by atoms with van der Waals surface area (Å²) >= 11 is 0. The maximum atomic E-state index is 12.6. The lowest BCUT2D eigenvalue weighted by Gasteiger charge is -2.31. The first-order valence-corrected chi connectivity index (χ1v) is 21.0. The van der Waals surface area contributed by atoms with Crippen LogP contribution >= 0.6 is 15.6 Å². The predicted octanol–water partition coefficient (Wildman–Crippen LogP) is -3.46. The van der Waals surface area contributed by atoms with Crippen LogP contribution in [0.3, 0.4) is 0 Å². The molecule has 1 aromatic heterocycles. The number of nitrogen functional groups attached to an aromatic ring is 1. The fourth-order valence-corrected chi connectivity index (χ4v) is 6.41.